The number of hydrogen-bond acceptors (Lipinski definition) is 3. The summed E-state index contributed by atoms with van der Waals surface area (Å²) in [4.78, 5) is 4.38. The molecule has 0 saturated heterocycles. The van der Waals surface area contributed by atoms with Crippen molar-refractivity contribution in [3.63, 3.8) is 0 Å². The smallest absolute Gasteiger partial charge is 0.116 e. The summed E-state index contributed by atoms with van der Waals surface area (Å²) in [6.07, 6.45) is 3.30. The highest BCUT2D eigenvalue weighted by Gasteiger charge is 2.39. The van der Waals surface area contributed by atoms with Crippen LogP contribution >= 0.6 is 0 Å². The second kappa shape index (κ2) is 4.30. The molecule has 0 bridgehead atoms. The number of fused-ring (bicyclic) bond motifs is 2. The van der Waals surface area contributed by atoms with Gasteiger partial charge >= 0.3 is 0 Å². The summed E-state index contributed by atoms with van der Waals surface area (Å²) in [6.45, 7) is 0. The molecule has 3 N–H and O–H groups in total. The molecular formula is C18H16N2O. The Labute approximate surface area is 123 Å². The first-order valence-corrected chi connectivity index (χ1v) is 7.14. The number of nitrogen functional groups attached to an aromatic ring is 1. The quantitative estimate of drug-likeness (QED) is 0.672. The number of aryl methyl sites for hydroxylation is 1. The van der Waals surface area contributed by atoms with Crippen molar-refractivity contribution in [1.29, 1.82) is 0 Å². The fourth-order valence-corrected chi connectivity index (χ4v) is 3.42. The number of nitrogens with two attached hydrogens (primary N) is 1. The molecule has 0 amide bonds. The van der Waals surface area contributed by atoms with Gasteiger partial charge in [-0.05, 0) is 53.8 Å². The molecule has 1 heterocycles. The third kappa shape index (κ3) is 1.74. The fraction of sp³-hybridized carbons (Fsp3) is 0.167. The Kier molecular flexibility index (Phi) is 2.53. The van der Waals surface area contributed by atoms with Gasteiger partial charge in [0.15, 0.2) is 0 Å². The van der Waals surface area contributed by atoms with Crippen LogP contribution in [0.2, 0.25) is 0 Å². The molecule has 1 aliphatic carbocycles. The molecule has 21 heavy (non-hydrogen) atoms. The van der Waals surface area contributed by atoms with E-state index in [0.29, 0.717) is 6.42 Å². The molecule has 0 spiro atoms. The number of aliphatic hydroxyl groups is 1. The highest BCUT2D eigenvalue weighted by atomic mass is 16.3. The molecule has 2 aromatic carbocycles. The van der Waals surface area contributed by atoms with Gasteiger partial charge in [0.05, 0.1) is 5.52 Å². The minimum Gasteiger partial charge on any atom is -0.399 e. The molecule has 0 aliphatic heterocycles. The van der Waals surface area contributed by atoms with Gasteiger partial charge < -0.3 is 10.8 Å². The van der Waals surface area contributed by atoms with Crippen molar-refractivity contribution in [2.75, 3.05) is 5.73 Å². The van der Waals surface area contributed by atoms with Crippen LogP contribution in [0.5, 0.6) is 0 Å². The summed E-state index contributed by atoms with van der Waals surface area (Å²) in [5, 5.41) is 12.3. The van der Waals surface area contributed by atoms with Crippen LogP contribution in [0.3, 0.4) is 0 Å². The molecule has 1 atom stereocenters. The van der Waals surface area contributed by atoms with Crippen molar-refractivity contribution in [2.45, 2.75) is 18.4 Å². The summed E-state index contributed by atoms with van der Waals surface area (Å²) in [5.41, 5.74) is 9.59. The molecule has 3 heteroatoms. The molecule has 0 saturated carbocycles. The zero-order chi connectivity index (χ0) is 14.4. The second-order valence-corrected chi connectivity index (χ2v) is 5.65. The minimum absolute atomic E-state index is 0.680. The maximum atomic E-state index is 11.3. The van der Waals surface area contributed by atoms with Crippen molar-refractivity contribution in [1.82, 2.24) is 4.98 Å². The Balaban J connectivity index is 1.98. The number of nitrogens with zero attached hydrogens (tertiary/aromatic N) is 1. The number of benzene rings is 2. The summed E-state index contributed by atoms with van der Waals surface area (Å²) < 4.78 is 0. The van der Waals surface area contributed by atoms with Gasteiger partial charge in [-0.25, -0.2) is 0 Å². The van der Waals surface area contributed by atoms with E-state index in [4.69, 9.17) is 5.73 Å². The molecule has 1 aromatic heterocycles. The largest absolute Gasteiger partial charge is 0.399 e. The first-order chi connectivity index (χ1) is 10.2. The van der Waals surface area contributed by atoms with Crippen LogP contribution in [0.1, 0.15) is 23.1 Å². The van der Waals surface area contributed by atoms with Crippen LogP contribution in [0.15, 0.2) is 54.7 Å². The second-order valence-electron chi connectivity index (χ2n) is 5.65. The van der Waals surface area contributed by atoms with Gasteiger partial charge in [0, 0.05) is 17.3 Å². The first kappa shape index (κ1) is 12.4. The van der Waals surface area contributed by atoms with Crippen molar-refractivity contribution in [3.8, 4) is 0 Å². The van der Waals surface area contributed by atoms with Crippen LogP contribution in [0.25, 0.3) is 10.9 Å². The lowest BCUT2D eigenvalue weighted by atomic mass is 9.85. The van der Waals surface area contributed by atoms with Crippen LogP contribution in [0, 0.1) is 0 Å². The first-order valence-electron chi connectivity index (χ1n) is 7.14. The molecule has 1 aliphatic rings. The van der Waals surface area contributed by atoms with Gasteiger partial charge in [-0.2, -0.15) is 0 Å². The highest BCUT2D eigenvalue weighted by Crippen LogP contribution is 2.44. The van der Waals surface area contributed by atoms with Crippen molar-refractivity contribution in [3.05, 3.63) is 71.4 Å². The van der Waals surface area contributed by atoms with E-state index in [1.54, 1.807) is 6.20 Å². The van der Waals surface area contributed by atoms with Crippen molar-refractivity contribution >= 4 is 16.6 Å². The van der Waals surface area contributed by atoms with Gasteiger partial charge in [0.1, 0.15) is 5.60 Å². The maximum Gasteiger partial charge on any atom is 0.116 e. The van der Waals surface area contributed by atoms with E-state index in [1.807, 2.05) is 48.5 Å². The Morgan fingerprint density at radius 2 is 1.95 bits per heavy atom. The predicted octanol–water partition coefficient (Wildman–Crippen LogP) is 3.00. The molecule has 3 nitrogen and oxygen atoms in total. The van der Waals surface area contributed by atoms with Crippen LogP contribution in [-0.2, 0) is 12.0 Å². The topological polar surface area (TPSA) is 59.1 Å². The molecule has 0 radical (unpaired) electrons. The van der Waals surface area contributed by atoms with Crippen LogP contribution in [0.4, 0.5) is 5.69 Å². The average Bonchev–Trinajstić information content (AvgIpc) is 2.84. The third-order valence-corrected chi connectivity index (χ3v) is 4.42. The maximum absolute atomic E-state index is 11.3. The van der Waals surface area contributed by atoms with E-state index in [0.717, 1.165) is 39.7 Å². The Morgan fingerprint density at radius 3 is 2.86 bits per heavy atom. The fourth-order valence-electron chi connectivity index (χ4n) is 3.42. The number of aromatic nitrogens is 1. The van der Waals surface area contributed by atoms with Gasteiger partial charge in [-0.1, -0.05) is 24.3 Å². The molecule has 104 valence electrons. The summed E-state index contributed by atoms with van der Waals surface area (Å²) in [6, 6.07) is 15.6. The monoisotopic (exact) mass is 276 g/mol. The van der Waals surface area contributed by atoms with E-state index < -0.39 is 5.60 Å². The van der Waals surface area contributed by atoms with E-state index >= 15 is 0 Å². The summed E-state index contributed by atoms with van der Waals surface area (Å²) in [7, 11) is 0. The van der Waals surface area contributed by atoms with Crippen molar-refractivity contribution in [2.24, 2.45) is 0 Å². The van der Waals surface area contributed by atoms with Gasteiger partial charge in [-0.15, -0.1) is 0 Å². The third-order valence-electron chi connectivity index (χ3n) is 4.42. The van der Waals surface area contributed by atoms with E-state index in [1.165, 1.54) is 0 Å². The predicted molar refractivity (Wildman–Crippen MR) is 83.9 cm³/mol. The zero-order valence-corrected chi connectivity index (χ0v) is 11.6. The highest BCUT2D eigenvalue weighted by molar-refractivity contribution is 5.83. The van der Waals surface area contributed by atoms with E-state index in [-0.39, 0.29) is 0 Å². The summed E-state index contributed by atoms with van der Waals surface area (Å²) >= 11 is 0. The lowest BCUT2D eigenvalue weighted by molar-refractivity contribution is 0.0845. The Bertz CT molecular complexity index is 838. The van der Waals surface area contributed by atoms with Crippen LogP contribution in [-0.4, -0.2) is 10.1 Å². The molecule has 1 unspecified atom stereocenters. The van der Waals surface area contributed by atoms with Gasteiger partial charge in [0.2, 0.25) is 0 Å². The molecule has 0 fully saturated rings. The number of anilines is 1. The van der Waals surface area contributed by atoms with E-state index in [2.05, 4.69) is 4.98 Å². The number of pyridine rings is 1. The van der Waals surface area contributed by atoms with Gasteiger partial charge in [-0.3, -0.25) is 4.98 Å². The number of rotatable bonds is 1. The van der Waals surface area contributed by atoms with Gasteiger partial charge in [0.25, 0.3) is 0 Å². The minimum atomic E-state index is -0.953. The average molecular weight is 276 g/mol. The molecule has 3 aromatic rings. The normalized spacial score (nSPS) is 20.6. The lowest BCUT2D eigenvalue weighted by Gasteiger charge is -2.26. The van der Waals surface area contributed by atoms with E-state index in [9.17, 15) is 5.11 Å². The zero-order valence-electron chi connectivity index (χ0n) is 11.6. The summed E-state index contributed by atoms with van der Waals surface area (Å²) in [5.74, 6) is 0. The lowest BCUT2D eigenvalue weighted by Crippen LogP contribution is -2.24. The van der Waals surface area contributed by atoms with Crippen molar-refractivity contribution < 1.29 is 5.11 Å². The molecular weight excluding hydrogens is 260 g/mol. The Hall–Kier alpha value is -2.39. The number of hydrogen-bond donors (Lipinski definition) is 2. The standard InChI is InChI=1S/C18H16N2O/c19-13-6-7-15-12(11-13)8-9-18(15,21)16-4-1-5-17-14(16)3-2-10-20-17/h1-7,10-11,21H,8-9,19H2. The van der Waals surface area contributed by atoms with Crippen LogP contribution < -0.4 is 5.73 Å². The Morgan fingerprint density at radius 1 is 1.05 bits per heavy atom. The molecule has 4 rings (SSSR count). The SMILES string of the molecule is Nc1ccc2c(c1)CCC2(O)c1cccc2ncccc12.